The standard InChI is InChI=1S/C19H22ClN3O4S/c1-4-27-18-8-6-5-7-17(18)23(28(3,25)26)13-19(24)22-21-14(2)15-9-11-16(20)12-10-15/h5-12H,4,13H2,1-3H3,(H,22,24)/b21-14-. The smallest absolute Gasteiger partial charge is 0.260 e. The summed E-state index contributed by atoms with van der Waals surface area (Å²) in [6, 6.07) is 13.6. The summed E-state index contributed by atoms with van der Waals surface area (Å²) in [6.07, 6.45) is 1.03. The van der Waals surface area contributed by atoms with Gasteiger partial charge < -0.3 is 4.74 Å². The first kappa shape index (κ1) is 21.7. The summed E-state index contributed by atoms with van der Waals surface area (Å²) in [4.78, 5) is 12.3. The number of rotatable bonds is 8. The molecule has 7 nitrogen and oxygen atoms in total. The minimum Gasteiger partial charge on any atom is -0.492 e. The maximum Gasteiger partial charge on any atom is 0.260 e. The van der Waals surface area contributed by atoms with Gasteiger partial charge in [-0.1, -0.05) is 35.9 Å². The highest BCUT2D eigenvalue weighted by atomic mass is 35.5. The van der Waals surface area contributed by atoms with Crippen molar-refractivity contribution in [3.05, 3.63) is 59.1 Å². The molecule has 9 heteroatoms. The summed E-state index contributed by atoms with van der Waals surface area (Å²) < 4.78 is 31.0. The van der Waals surface area contributed by atoms with Crippen molar-refractivity contribution >= 4 is 38.9 Å². The molecule has 0 heterocycles. The molecule has 0 atom stereocenters. The normalized spacial score (nSPS) is 11.8. The third kappa shape index (κ3) is 5.97. The van der Waals surface area contributed by atoms with Gasteiger partial charge in [0.1, 0.15) is 12.3 Å². The van der Waals surface area contributed by atoms with Crippen molar-refractivity contribution in [3.63, 3.8) is 0 Å². The zero-order valence-electron chi connectivity index (χ0n) is 15.8. The molecular formula is C19H22ClN3O4S. The van der Waals surface area contributed by atoms with E-state index in [1.807, 2.05) is 0 Å². The van der Waals surface area contributed by atoms with E-state index in [-0.39, 0.29) is 0 Å². The first-order chi connectivity index (χ1) is 13.2. The number of nitrogens with zero attached hydrogens (tertiary/aromatic N) is 2. The van der Waals surface area contributed by atoms with Crippen LogP contribution in [0.1, 0.15) is 19.4 Å². The predicted octanol–water partition coefficient (Wildman–Crippen LogP) is 3.05. The molecule has 0 unspecified atom stereocenters. The van der Waals surface area contributed by atoms with Crippen molar-refractivity contribution < 1.29 is 17.9 Å². The van der Waals surface area contributed by atoms with Crippen molar-refractivity contribution in [1.29, 1.82) is 0 Å². The number of anilines is 1. The Labute approximate surface area is 170 Å². The van der Waals surface area contributed by atoms with E-state index in [1.165, 1.54) is 0 Å². The van der Waals surface area contributed by atoms with Crippen LogP contribution in [-0.4, -0.2) is 39.4 Å². The van der Waals surface area contributed by atoms with Crippen LogP contribution in [0.5, 0.6) is 5.75 Å². The third-order valence-corrected chi connectivity index (χ3v) is 5.11. The summed E-state index contributed by atoms with van der Waals surface area (Å²) >= 11 is 5.86. The first-order valence-electron chi connectivity index (χ1n) is 8.51. The van der Waals surface area contributed by atoms with E-state index in [4.69, 9.17) is 16.3 Å². The zero-order valence-corrected chi connectivity index (χ0v) is 17.4. The van der Waals surface area contributed by atoms with Gasteiger partial charge in [-0.05, 0) is 43.7 Å². The maximum atomic E-state index is 12.3. The van der Waals surface area contributed by atoms with Crippen molar-refractivity contribution in [2.75, 3.05) is 23.7 Å². The van der Waals surface area contributed by atoms with Crippen LogP contribution in [0.25, 0.3) is 0 Å². The van der Waals surface area contributed by atoms with Gasteiger partial charge in [0, 0.05) is 5.02 Å². The fraction of sp³-hybridized carbons (Fsp3) is 0.263. The molecule has 1 amide bonds. The summed E-state index contributed by atoms with van der Waals surface area (Å²) in [5.41, 5.74) is 4.02. The number of carbonyl (C=O) groups is 1. The minimum absolute atomic E-state index is 0.292. The van der Waals surface area contributed by atoms with Crippen LogP contribution in [-0.2, 0) is 14.8 Å². The summed E-state index contributed by atoms with van der Waals surface area (Å²) in [6.45, 7) is 3.45. The number of halogens is 1. The van der Waals surface area contributed by atoms with Crippen LogP contribution in [0, 0.1) is 0 Å². The van der Waals surface area contributed by atoms with E-state index in [0.29, 0.717) is 28.8 Å². The van der Waals surface area contributed by atoms with E-state index in [0.717, 1.165) is 16.1 Å². The van der Waals surface area contributed by atoms with Crippen LogP contribution in [0.3, 0.4) is 0 Å². The molecule has 0 aliphatic carbocycles. The molecule has 0 saturated carbocycles. The Morgan fingerprint density at radius 2 is 1.82 bits per heavy atom. The Balaban J connectivity index is 2.18. The highest BCUT2D eigenvalue weighted by Gasteiger charge is 2.23. The SMILES string of the molecule is CCOc1ccccc1N(CC(=O)N/N=C(/C)c1ccc(Cl)cc1)S(C)(=O)=O. The lowest BCUT2D eigenvalue weighted by molar-refractivity contribution is -0.119. The lowest BCUT2D eigenvalue weighted by Crippen LogP contribution is -2.39. The van der Waals surface area contributed by atoms with E-state index in [1.54, 1.807) is 62.4 Å². The maximum absolute atomic E-state index is 12.3. The number of carbonyl (C=O) groups excluding carboxylic acids is 1. The largest absolute Gasteiger partial charge is 0.492 e. The average Bonchev–Trinajstić information content (AvgIpc) is 2.65. The van der Waals surface area contributed by atoms with Crippen molar-refractivity contribution in [2.24, 2.45) is 5.10 Å². The molecule has 1 N–H and O–H groups in total. The highest BCUT2D eigenvalue weighted by Crippen LogP contribution is 2.29. The van der Waals surface area contributed by atoms with E-state index >= 15 is 0 Å². The van der Waals surface area contributed by atoms with Gasteiger partial charge in [-0.2, -0.15) is 5.10 Å². The summed E-state index contributed by atoms with van der Waals surface area (Å²) in [5, 5.41) is 4.63. The summed E-state index contributed by atoms with van der Waals surface area (Å²) in [7, 11) is -3.72. The quantitative estimate of drug-likeness (QED) is 0.522. The first-order valence-corrected chi connectivity index (χ1v) is 10.7. The Morgan fingerprint density at radius 3 is 2.43 bits per heavy atom. The number of hydrogen-bond acceptors (Lipinski definition) is 5. The lowest BCUT2D eigenvalue weighted by atomic mass is 10.1. The van der Waals surface area contributed by atoms with E-state index < -0.39 is 22.5 Å². The Morgan fingerprint density at radius 1 is 1.18 bits per heavy atom. The van der Waals surface area contributed by atoms with Gasteiger partial charge in [-0.3, -0.25) is 9.10 Å². The molecule has 2 aromatic carbocycles. The van der Waals surface area contributed by atoms with Crippen molar-refractivity contribution in [2.45, 2.75) is 13.8 Å². The number of hydrazone groups is 1. The number of para-hydroxylation sites is 2. The van der Waals surface area contributed by atoms with Gasteiger partial charge >= 0.3 is 0 Å². The fourth-order valence-corrected chi connectivity index (χ4v) is 3.38. The van der Waals surface area contributed by atoms with Crippen LogP contribution in [0.15, 0.2) is 53.6 Å². The van der Waals surface area contributed by atoms with Crippen LogP contribution in [0.4, 0.5) is 5.69 Å². The zero-order chi connectivity index (χ0) is 20.7. The number of nitrogens with one attached hydrogen (secondary N) is 1. The van der Waals surface area contributed by atoms with Gasteiger partial charge in [0.05, 0.1) is 24.3 Å². The molecule has 0 aromatic heterocycles. The van der Waals surface area contributed by atoms with E-state index in [9.17, 15) is 13.2 Å². The third-order valence-electron chi connectivity index (χ3n) is 3.73. The second-order valence-electron chi connectivity index (χ2n) is 5.91. The molecule has 0 radical (unpaired) electrons. The Kier molecular flexibility index (Phi) is 7.42. The van der Waals surface area contributed by atoms with Gasteiger partial charge in [0.15, 0.2) is 0 Å². The number of ether oxygens (including phenoxy) is 1. The van der Waals surface area contributed by atoms with Gasteiger partial charge in [-0.15, -0.1) is 0 Å². The molecule has 0 bridgehead atoms. The second-order valence-corrected chi connectivity index (χ2v) is 8.25. The average molecular weight is 424 g/mol. The Bertz CT molecular complexity index is 959. The molecule has 2 aromatic rings. The van der Waals surface area contributed by atoms with Crippen molar-refractivity contribution in [1.82, 2.24) is 5.43 Å². The van der Waals surface area contributed by atoms with Crippen molar-refractivity contribution in [3.8, 4) is 5.75 Å². The van der Waals surface area contributed by atoms with Crippen LogP contribution in [0.2, 0.25) is 5.02 Å². The van der Waals surface area contributed by atoms with Crippen LogP contribution >= 0.6 is 11.6 Å². The minimum atomic E-state index is -3.72. The lowest BCUT2D eigenvalue weighted by Gasteiger charge is -2.23. The highest BCUT2D eigenvalue weighted by molar-refractivity contribution is 7.92. The topological polar surface area (TPSA) is 88.1 Å². The number of benzene rings is 2. The molecular weight excluding hydrogens is 402 g/mol. The van der Waals surface area contributed by atoms with Crippen LogP contribution < -0.4 is 14.5 Å². The molecule has 2 rings (SSSR count). The number of hydrogen-bond donors (Lipinski definition) is 1. The monoisotopic (exact) mass is 423 g/mol. The molecule has 0 saturated heterocycles. The van der Waals surface area contributed by atoms with Gasteiger partial charge in [-0.25, -0.2) is 13.8 Å². The fourth-order valence-electron chi connectivity index (χ4n) is 2.39. The predicted molar refractivity (Wildman–Crippen MR) is 112 cm³/mol. The molecule has 0 fully saturated rings. The second kappa shape index (κ2) is 9.57. The summed E-state index contributed by atoms with van der Waals surface area (Å²) in [5.74, 6) is -0.200. The Hall–Kier alpha value is -2.58. The molecule has 0 spiro atoms. The number of amides is 1. The molecule has 150 valence electrons. The molecule has 28 heavy (non-hydrogen) atoms. The number of sulfonamides is 1. The van der Waals surface area contributed by atoms with Gasteiger partial charge in [0.2, 0.25) is 10.0 Å². The van der Waals surface area contributed by atoms with Gasteiger partial charge in [0.25, 0.3) is 5.91 Å². The van der Waals surface area contributed by atoms with E-state index in [2.05, 4.69) is 10.5 Å². The molecule has 0 aliphatic rings. The molecule has 0 aliphatic heterocycles.